The Kier molecular flexibility index (Phi) is 5.02. The van der Waals surface area contributed by atoms with Gasteiger partial charge in [-0.1, -0.05) is 13.3 Å². The molecular formula is C15H25NO4. The summed E-state index contributed by atoms with van der Waals surface area (Å²) in [5.74, 6) is -1.29. The van der Waals surface area contributed by atoms with Crippen molar-refractivity contribution in [1.29, 1.82) is 0 Å². The largest absolute Gasteiger partial charge is 0.481 e. The van der Waals surface area contributed by atoms with Crippen LogP contribution in [0, 0.1) is 17.8 Å². The summed E-state index contributed by atoms with van der Waals surface area (Å²) in [6.45, 7) is 5.97. The second-order valence-electron chi connectivity index (χ2n) is 6.12. The topological polar surface area (TPSA) is 66.8 Å². The molecule has 1 amide bonds. The van der Waals surface area contributed by atoms with Gasteiger partial charge in [0.2, 0.25) is 5.91 Å². The molecule has 2 rings (SSSR count). The number of aliphatic carboxylic acids is 1. The Labute approximate surface area is 120 Å². The van der Waals surface area contributed by atoms with E-state index < -0.39 is 11.9 Å². The van der Waals surface area contributed by atoms with E-state index in [1.807, 2.05) is 11.8 Å². The maximum atomic E-state index is 12.7. The summed E-state index contributed by atoms with van der Waals surface area (Å²) in [5, 5.41) is 9.36. The molecule has 114 valence electrons. The number of hydrogen-bond donors (Lipinski definition) is 1. The molecule has 1 saturated heterocycles. The lowest BCUT2D eigenvalue weighted by Crippen LogP contribution is -2.42. The normalized spacial score (nSPS) is 34.8. The highest BCUT2D eigenvalue weighted by Gasteiger charge is 2.43. The third-order valence-electron chi connectivity index (χ3n) is 4.64. The van der Waals surface area contributed by atoms with Gasteiger partial charge in [0, 0.05) is 19.7 Å². The van der Waals surface area contributed by atoms with Crippen molar-refractivity contribution in [2.45, 2.75) is 45.6 Å². The molecule has 1 heterocycles. The number of carbonyl (C=O) groups is 2. The Morgan fingerprint density at radius 2 is 2.00 bits per heavy atom. The van der Waals surface area contributed by atoms with E-state index in [2.05, 4.69) is 6.92 Å². The predicted octanol–water partition coefficient (Wildman–Crippen LogP) is 1.76. The van der Waals surface area contributed by atoms with Crippen LogP contribution in [-0.4, -0.2) is 47.7 Å². The van der Waals surface area contributed by atoms with Gasteiger partial charge in [-0.15, -0.1) is 0 Å². The molecule has 0 aromatic rings. The Hall–Kier alpha value is -1.10. The minimum atomic E-state index is -0.821. The zero-order chi connectivity index (χ0) is 14.7. The molecule has 4 atom stereocenters. The maximum Gasteiger partial charge on any atom is 0.307 e. The minimum Gasteiger partial charge on any atom is -0.481 e. The molecule has 1 aliphatic heterocycles. The van der Waals surface area contributed by atoms with E-state index in [9.17, 15) is 14.7 Å². The van der Waals surface area contributed by atoms with Gasteiger partial charge in [0.05, 0.1) is 17.9 Å². The Balaban J connectivity index is 2.07. The van der Waals surface area contributed by atoms with Gasteiger partial charge in [0.25, 0.3) is 0 Å². The molecule has 20 heavy (non-hydrogen) atoms. The monoisotopic (exact) mass is 283 g/mol. The van der Waals surface area contributed by atoms with Crippen molar-refractivity contribution in [1.82, 2.24) is 4.90 Å². The number of carboxylic acid groups (broad SMARTS) is 1. The molecular weight excluding hydrogens is 258 g/mol. The van der Waals surface area contributed by atoms with Crippen LogP contribution in [-0.2, 0) is 14.3 Å². The zero-order valence-electron chi connectivity index (χ0n) is 12.4. The lowest BCUT2D eigenvalue weighted by Gasteiger charge is -2.27. The Morgan fingerprint density at radius 1 is 1.30 bits per heavy atom. The highest BCUT2D eigenvalue weighted by atomic mass is 16.5. The first-order valence-electron chi connectivity index (χ1n) is 7.66. The van der Waals surface area contributed by atoms with Crippen LogP contribution in [0.5, 0.6) is 0 Å². The van der Waals surface area contributed by atoms with Crippen LogP contribution in [0.15, 0.2) is 0 Å². The van der Waals surface area contributed by atoms with Gasteiger partial charge in [-0.2, -0.15) is 0 Å². The highest BCUT2D eigenvalue weighted by Crippen LogP contribution is 2.39. The summed E-state index contributed by atoms with van der Waals surface area (Å²) >= 11 is 0. The molecule has 0 aromatic heterocycles. The summed E-state index contributed by atoms with van der Waals surface area (Å²) in [6, 6.07) is 0. The minimum absolute atomic E-state index is 0.0192. The van der Waals surface area contributed by atoms with E-state index in [1.165, 1.54) is 0 Å². The van der Waals surface area contributed by atoms with E-state index in [-0.39, 0.29) is 17.9 Å². The molecule has 1 aliphatic carbocycles. The number of hydrogen-bond acceptors (Lipinski definition) is 3. The maximum absolute atomic E-state index is 12.7. The molecule has 0 radical (unpaired) electrons. The molecule has 2 fully saturated rings. The second-order valence-corrected chi connectivity index (χ2v) is 6.12. The van der Waals surface area contributed by atoms with E-state index in [1.54, 1.807) is 0 Å². The summed E-state index contributed by atoms with van der Waals surface area (Å²) < 4.78 is 5.55. The molecule has 2 aliphatic rings. The molecule has 5 nitrogen and oxygen atoms in total. The fraction of sp³-hybridized carbons (Fsp3) is 0.867. The van der Waals surface area contributed by atoms with Crippen LogP contribution in [0.25, 0.3) is 0 Å². The molecule has 0 aromatic carbocycles. The number of carboxylic acids is 1. The standard InChI is InChI=1S/C15H25NO4/c1-3-11-7-12(13(8-11)15(18)19)14(17)16-5-4-6-20-10(2)9-16/h10-13H,3-9H2,1-2H3,(H,18,19)/t10?,11?,12-,13+/m0/s1. The second kappa shape index (κ2) is 6.57. The quantitative estimate of drug-likeness (QED) is 0.857. The van der Waals surface area contributed by atoms with Gasteiger partial charge >= 0.3 is 5.97 Å². The molecule has 2 unspecified atom stereocenters. The average molecular weight is 283 g/mol. The van der Waals surface area contributed by atoms with Crippen molar-refractivity contribution in [3.63, 3.8) is 0 Å². The molecule has 5 heteroatoms. The van der Waals surface area contributed by atoms with Gasteiger partial charge in [-0.05, 0) is 32.1 Å². The Bertz CT molecular complexity index is 371. The van der Waals surface area contributed by atoms with Gasteiger partial charge in [0.1, 0.15) is 0 Å². The van der Waals surface area contributed by atoms with Crippen LogP contribution < -0.4 is 0 Å². The average Bonchev–Trinajstić information content (AvgIpc) is 2.74. The summed E-state index contributed by atoms with van der Waals surface area (Å²) in [7, 11) is 0. The van der Waals surface area contributed by atoms with Gasteiger partial charge in [-0.3, -0.25) is 9.59 Å². The van der Waals surface area contributed by atoms with E-state index >= 15 is 0 Å². The van der Waals surface area contributed by atoms with Crippen molar-refractivity contribution in [3.05, 3.63) is 0 Å². The molecule has 1 N–H and O–H groups in total. The van der Waals surface area contributed by atoms with Crippen LogP contribution in [0.2, 0.25) is 0 Å². The number of nitrogens with zero attached hydrogens (tertiary/aromatic N) is 1. The predicted molar refractivity (Wildman–Crippen MR) is 74.2 cm³/mol. The third kappa shape index (κ3) is 3.32. The van der Waals surface area contributed by atoms with Crippen molar-refractivity contribution in [2.75, 3.05) is 19.7 Å². The highest BCUT2D eigenvalue weighted by molar-refractivity contribution is 5.85. The summed E-state index contributed by atoms with van der Waals surface area (Å²) in [4.78, 5) is 25.9. The zero-order valence-corrected chi connectivity index (χ0v) is 12.4. The van der Waals surface area contributed by atoms with Crippen molar-refractivity contribution >= 4 is 11.9 Å². The first kappa shape index (κ1) is 15.3. The number of carbonyl (C=O) groups excluding carboxylic acids is 1. The van der Waals surface area contributed by atoms with Crippen molar-refractivity contribution < 1.29 is 19.4 Å². The Morgan fingerprint density at radius 3 is 2.65 bits per heavy atom. The van der Waals surface area contributed by atoms with Crippen molar-refractivity contribution in [3.8, 4) is 0 Å². The first-order chi connectivity index (χ1) is 9.52. The summed E-state index contributed by atoms with van der Waals surface area (Å²) in [6.07, 6.45) is 3.18. The van der Waals surface area contributed by atoms with Crippen LogP contribution >= 0.6 is 0 Å². The van der Waals surface area contributed by atoms with Crippen LogP contribution in [0.1, 0.15) is 39.5 Å². The van der Waals surface area contributed by atoms with E-state index in [4.69, 9.17) is 4.74 Å². The lowest BCUT2D eigenvalue weighted by atomic mass is 9.94. The van der Waals surface area contributed by atoms with Gasteiger partial charge in [0.15, 0.2) is 0 Å². The SMILES string of the molecule is CCC1C[C@H](C(=O)N2CCCOC(C)C2)[C@H](C(=O)O)C1. The summed E-state index contributed by atoms with van der Waals surface area (Å²) in [5.41, 5.74) is 0. The smallest absolute Gasteiger partial charge is 0.307 e. The number of ether oxygens (including phenoxy) is 1. The van der Waals surface area contributed by atoms with E-state index in [0.717, 1.165) is 19.3 Å². The molecule has 0 bridgehead atoms. The fourth-order valence-electron chi connectivity index (χ4n) is 3.45. The number of rotatable bonds is 3. The van der Waals surface area contributed by atoms with Gasteiger partial charge < -0.3 is 14.7 Å². The van der Waals surface area contributed by atoms with Crippen LogP contribution in [0.3, 0.4) is 0 Å². The molecule has 0 spiro atoms. The lowest BCUT2D eigenvalue weighted by molar-refractivity contribution is -0.149. The fourth-order valence-corrected chi connectivity index (χ4v) is 3.45. The van der Waals surface area contributed by atoms with Gasteiger partial charge in [-0.25, -0.2) is 0 Å². The number of amides is 1. The van der Waals surface area contributed by atoms with E-state index in [0.29, 0.717) is 32.0 Å². The first-order valence-corrected chi connectivity index (χ1v) is 7.66. The van der Waals surface area contributed by atoms with Crippen LogP contribution in [0.4, 0.5) is 0 Å². The molecule has 1 saturated carbocycles. The third-order valence-corrected chi connectivity index (χ3v) is 4.64. The van der Waals surface area contributed by atoms with Crippen molar-refractivity contribution in [2.24, 2.45) is 17.8 Å².